The summed E-state index contributed by atoms with van der Waals surface area (Å²) in [5, 5.41) is 10.3. The molecule has 30 heavy (non-hydrogen) atoms. The molecule has 0 bridgehead atoms. The molecule has 0 saturated heterocycles. The number of aromatic nitrogens is 2. The smallest absolute Gasteiger partial charge is 0.179 e. The van der Waals surface area contributed by atoms with Crippen LogP contribution in [0.5, 0.6) is 0 Å². The Labute approximate surface area is 173 Å². The SMILES string of the molecule is CC(C)(O)c1cccc(-c2ncnc3cc(-c4ccc([S@@](C)(=N)=O)cc4)oc23)c1F. The summed E-state index contributed by atoms with van der Waals surface area (Å²) >= 11 is 0. The summed E-state index contributed by atoms with van der Waals surface area (Å²) in [5.74, 6) is -0.0783. The molecule has 0 aliphatic heterocycles. The first-order chi connectivity index (χ1) is 14.1. The zero-order valence-corrected chi connectivity index (χ0v) is 17.5. The van der Waals surface area contributed by atoms with Crippen molar-refractivity contribution < 1.29 is 18.1 Å². The van der Waals surface area contributed by atoms with Gasteiger partial charge in [0.05, 0.1) is 15.3 Å². The van der Waals surface area contributed by atoms with E-state index >= 15 is 4.39 Å². The quantitative estimate of drug-likeness (QED) is 0.481. The topological polar surface area (TPSA) is 100 Å². The first-order valence-electron chi connectivity index (χ1n) is 9.16. The number of hydrogen-bond acceptors (Lipinski definition) is 6. The van der Waals surface area contributed by atoms with E-state index in [9.17, 15) is 9.32 Å². The fourth-order valence-electron chi connectivity index (χ4n) is 3.25. The highest BCUT2D eigenvalue weighted by Gasteiger charge is 2.25. The first-order valence-corrected chi connectivity index (χ1v) is 11.1. The van der Waals surface area contributed by atoms with E-state index in [-0.39, 0.29) is 16.8 Å². The molecule has 0 fully saturated rings. The molecule has 1 atom stereocenters. The number of hydrogen-bond donors (Lipinski definition) is 2. The third-order valence-corrected chi connectivity index (χ3v) is 5.98. The molecule has 0 spiro atoms. The number of aliphatic hydroxyl groups is 1. The van der Waals surface area contributed by atoms with Crippen LogP contribution < -0.4 is 0 Å². The average Bonchev–Trinajstić information content (AvgIpc) is 3.11. The molecule has 154 valence electrons. The second kappa shape index (κ2) is 7.00. The van der Waals surface area contributed by atoms with Gasteiger partial charge in [0.15, 0.2) is 5.58 Å². The van der Waals surface area contributed by atoms with Crippen molar-refractivity contribution in [2.75, 3.05) is 6.26 Å². The minimum absolute atomic E-state index is 0.160. The van der Waals surface area contributed by atoms with Crippen LogP contribution in [-0.2, 0) is 15.3 Å². The Morgan fingerprint density at radius 1 is 1.13 bits per heavy atom. The molecule has 0 radical (unpaired) electrons. The van der Waals surface area contributed by atoms with Crippen molar-refractivity contribution in [3.63, 3.8) is 0 Å². The van der Waals surface area contributed by atoms with Crippen LogP contribution in [0.3, 0.4) is 0 Å². The number of nitrogens with zero attached hydrogens (tertiary/aromatic N) is 2. The van der Waals surface area contributed by atoms with Crippen molar-refractivity contribution in [1.82, 2.24) is 9.97 Å². The van der Waals surface area contributed by atoms with E-state index in [0.29, 0.717) is 27.3 Å². The van der Waals surface area contributed by atoms with Gasteiger partial charge in [-0.05, 0) is 32.0 Å². The third-order valence-electron chi connectivity index (χ3n) is 4.81. The lowest BCUT2D eigenvalue weighted by molar-refractivity contribution is 0.0746. The van der Waals surface area contributed by atoms with E-state index in [2.05, 4.69) is 9.97 Å². The van der Waals surface area contributed by atoms with Gasteiger partial charge in [-0.3, -0.25) is 0 Å². The normalized spacial score (nSPS) is 14.0. The van der Waals surface area contributed by atoms with Gasteiger partial charge in [0.25, 0.3) is 0 Å². The van der Waals surface area contributed by atoms with Gasteiger partial charge < -0.3 is 9.52 Å². The Hall–Kier alpha value is -3.10. The molecule has 0 aliphatic rings. The first kappa shape index (κ1) is 20.2. The molecule has 2 heterocycles. The molecule has 0 amide bonds. The fraction of sp³-hybridized carbons (Fsp3) is 0.182. The number of benzene rings is 2. The van der Waals surface area contributed by atoms with Gasteiger partial charge in [0, 0.05) is 33.9 Å². The van der Waals surface area contributed by atoms with Crippen LogP contribution in [0.1, 0.15) is 19.4 Å². The molecular formula is C22H20FN3O3S. The average molecular weight is 425 g/mol. The van der Waals surface area contributed by atoms with Crippen LogP contribution in [-0.4, -0.2) is 25.5 Å². The highest BCUT2D eigenvalue weighted by molar-refractivity contribution is 7.91. The second-order valence-electron chi connectivity index (χ2n) is 7.64. The lowest BCUT2D eigenvalue weighted by atomic mass is 9.94. The van der Waals surface area contributed by atoms with Gasteiger partial charge in [0.2, 0.25) is 0 Å². The predicted octanol–water partition coefficient (Wildman–Crippen LogP) is 4.96. The Kier molecular flexibility index (Phi) is 4.71. The molecule has 2 aromatic heterocycles. The lowest BCUT2D eigenvalue weighted by Crippen LogP contribution is -2.18. The minimum Gasteiger partial charge on any atom is -0.452 e. The van der Waals surface area contributed by atoms with E-state index in [1.165, 1.54) is 32.5 Å². The van der Waals surface area contributed by atoms with E-state index in [0.717, 1.165) is 0 Å². The largest absolute Gasteiger partial charge is 0.452 e. The summed E-state index contributed by atoms with van der Waals surface area (Å²) < 4.78 is 40.7. The van der Waals surface area contributed by atoms with Gasteiger partial charge >= 0.3 is 0 Å². The molecule has 0 unspecified atom stereocenters. The number of halogens is 1. The van der Waals surface area contributed by atoms with E-state index in [1.807, 2.05) is 0 Å². The van der Waals surface area contributed by atoms with Gasteiger partial charge in [-0.2, -0.15) is 0 Å². The molecule has 0 aliphatic carbocycles. The van der Waals surface area contributed by atoms with Gasteiger partial charge in [-0.25, -0.2) is 23.3 Å². The molecule has 0 saturated carbocycles. The number of nitrogens with one attached hydrogen (secondary N) is 1. The van der Waals surface area contributed by atoms with Gasteiger partial charge in [0.1, 0.15) is 29.1 Å². The summed E-state index contributed by atoms with van der Waals surface area (Å²) in [6, 6.07) is 13.2. The second-order valence-corrected chi connectivity index (χ2v) is 9.80. The molecular weight excluding hydrogens is 405 g/mol. The van der Waals surface area contributed by atoms with Crippen LogP contribution >= 0.6 is 0 Å². The van der Waals surface area contributed by atoms with Crippen LogP contribution in [0.4, 0.5) is 4.39 Å². The summed E-state index contributed by atoms with van der Waals surface area (Å²) in [7, 11) is -2.81. The maximum Gasteiger partial charge on any atom is 0.179 e. The number of rotatable bonds is 4. The van der Waals surface area contributed by atoms with Crippen molar-refractivity contribution in [2.45, 2.75) is 24.3 Å². The number of furan rings is 1. The van der Waals surface area contributed by atoms with Crippen LogP contribution in [0.15, 0.2) is 64.2 Å². The minimum atomic E-state index is -2.81. The summed E-state index contributed by atoms with van der Waals surface area (Å²) in [6.45, 7) is 3.04. The van der Waals surface area contributed by atoms with Crippen molar-refractivity contribution in [2.24, 2.45) is 0 Å². The monoisotopic (exact) mass is 425 g/mol. The van der Waals surface area contributed by atoms with Crippen molar-refractivity contribution in [1.29, 1.82) is 4.78 Å². The van der Waals surface area contributed by atoms with Crippen molar-refractivity contribution >= 4 is 20.8 Å². The molecule has 2 aromatic carbocycles. The van der Waals surface area contributed by atoms with E-state index < -0.39 is 21.1 Å². The van der Waals surface area contributed by atoms with Crippen LogP contribution in [0.2, 0.25) is 0 Å². The highest BCUT2D eigenvalue weighted by Crippen LogP contribution is 2.35. The van der Waals surface area contributed by atoms with E-state index in [1.54, 1.807) is 42.5 Å². The molecule has 6 nitrogen and oxygen atoms in total. The highest BCUT2D eigenvalue weighted by atomic mass is 32.2. The van der Waals surface area contributed by atoms with Gasteiger partial charge in [-0.1, -0.05) is 24.3 Å². The molecule has 4 rings (SSSR count). The number of fused-ring (bicyclic) bond motifs is 1. The van der Waals surface area contributed by atoms with Gasteiger partial charge in [-0.15, -0.1) is 0 Å². The Balaban J connectivity index is 1.85. The van der Waals surface area contributed by atoms with Crippen molar-refractivity contribution in [3.05, 3.63) is 66.2 Å². The molecule has 2 N–H and O–H groups in total. The summed E-state index contributed by atoms with van der Waals surface area (Å²) in [5.41, 5.74) is 0.838. The summed E-state index contributed by atoms with van der Waals surface area (Å²) in [6.07, 6.45) is 2.70. The third kappa shape index (κ3) is 3.59. The maximum atomic E-state index is 15.2. The molecule has 4 aromatic rings. The Morgan fingerprint density at radius 2 is 1.83 bits per heavy atom. The standard InChI is InChI=1S/C22H20FN3O3S/c1-22(2,27)16-6-4-5-15(19(16)23)20-21-17(25-12-26-20)11-18(29-21)13-7-9-14(10-8-13)30(3,24)28/h4-12,24,27H,1-3H3/t30-/m0/s1. The zero-order valence-electron chi connectivity index (χ0n) is 16.6. The van der Waals surface area contributed by atoms with E-state index in [4.69, 9.17) is 9.20 Å². The molecule has 8 heteroatoms. The zero-order chi connectivity index (χ0) is 21.7. The van der Waals surface area contributed by atoms with Crippen LogP contribution in [0, 0.1) is 10.6 Å². The maximum absolute atomic E-state index is 15.2. The van der Waals surface area contributed by atoms with Crippen LogP contribution in [0.25, 0.3) is 33.7 Å². The summed E-state index contributed by atoms with van der Waals surface area (Å²) in [4.78, 5) is 8.87. The Morgan fingerprint density at radius 3 is 2.47 bits per heavy atom. The fourth-order valence-corrected chi connectivity index (χ4v) is 3.91. The Bertz CT molecular complexity index is 1350. The predicted molar refractivity (Wildman–Crippen MR) is 113 cm³/mol. The van der Waals surface area contributed by atoms with Crippen molar-refractivity contribution in [3.8, 4) is 22.6 Å². The lowest BCUT2D eigenvalue weighted by Gasteiger charge is -2.19.